The minimum Gasteiger partial charge on any atom is -0.313 e. The summed E-state index contributed by atoms with van der Waals surface area (Å²) in [6, 6.07) is 5.00. The van der Waals surface area contributed by atoms with Crippen LogP contribution < -0.4 is 0 Å². The first-order valence-corrected chi connectivity index (χ1v) is 5.53. The summed E-state index contributed by atoms with van der Waals surface area (Å²) in [5.74, 6) is -0.281. The van der Waals surface area contributed by atoms with E-state index in [0.717, 1.165) is 5.52 Å². The lowest BCUT2D eigenvalue weighted by Crippen LogP contribution is -2.21. The summed E-state index contributed by atoms with van der Waals surface area (Å²) in [5.41, 5.74) is 1.11. The van der Waals surface area contributed by atoms with Crippen molar-refractivity contribution in [2.45, 2.75) is 26.3 Å². The van der Waals surface area contributed by atoms with Gasteiger partial charge in [-0.1, -0.05) is 6.07 Å². The van der Waals surface area contributed by atoms with Crippen molar-refractivity contribution in [3.05, 3.63) is 28.7 Å². The van der Waals surface area contributed by atoms with Gasteiger partial charge in [0.15, 0.2) is 10.6 Å². The second-order valence-corrected chi connectivity index (χ2v) is 5.20. The molecule has 2 rings (SSSR count). The van der Waals surface area contributed by atoms with Crippen LogP contribution in [0.2, 0.25) is 0 Å². The van der Waals surface area contributed by atoms with Crippen LogP contribution in [0.1, 0.15) is 20.8 Å². The largest absolute Gasteiger partial charge is 0.313 e. The number of fused-ring (bicyclic) bond motifs is 1. The van der Waals surface area contributed by atoms with Crippen molar-refractivity contribution in [3.63, 3.8) is 0 Å². The van der Waals surface area contributed by atoms with Gasteiger partial charge in [-0.3, -0.25) is 0 Å². The van der Waals surface area contributed by atoms with Gasteiger partial charge in [0.1, 0.15) is 5.52 Å². The lowest BCUT2D eigenvalue weighted by molar-refractivity contribution is 0.401. The molecule has 15 heavy (non-hydrogen) atoms. The molecule has 80 valence electrons. The van der Waals surface area contributed by atoms with Crippen LogP contribution in [-0.2, 0) is 5.54 Å². The first-order chi connectivity index (χ1) is 6.91. The number of aromatic nitrogens is 2. The maximum Gasteiger partial charge on any atom is 0.178 e. The molecule has 4 heteroatoms. The van der Waals surface area contributed by atoms with Crippen molar-refractivity contribution in [1.29, 1.82) is 0 Å². The zero-order valence-electron chi connectivity index (χ0n) is 8.88. The van der Waals surface area contributed by atoms with E-state index in [1.54, 1.807) is 6.07 Å². The van der Waals surface area contributed by atoms with E-state index in [2.05, 4.69) is 41.7 Å². The third-order valence-electron chi connectivity index (χ3n) is 2.27. The zero-order valence-corrected chi connectivity index (χ0v) is 10.5. The molecule has 0 N–H and O–H groups in total. The molecule has 0 aliphatic carbocycles. The van der Waals surface area contributed by atoms with Crippen molar-refractivity contribution in [2.24, 2.45) is 0 Å². The number of hydrogen-bond acceptors (Lipinski definition) is 1. The fraction of sp³-hybridized carbons (Fsp3) is 0.364. The van der Waals surface area contributed by atoms with Crippen molar-refractivity contribution < 1.29 is 4.39 Å². The molecule has 2 aromatic rings. The molecule has 1 aromatic carbocycles. The highest BCUT2D eigenvalue weighted by Gasteiger charge is 2.21. The van der Waals surface area contributed by atoms with Crippen LogP contribution >= 0.6 is 15.9 Å². The monoisotopic (exact) mass is 270 g/mol. The number of rotatable bonds is 0. The highest BCUT2D eigenvalue weighted by atomic mass is 79.9. The molecule has 0 aliphatic heterocycles. The summed E-state index contributed by atoms with van der Waals surface area (Å²) in [4.78, 5) is 4.18. The molecule has 0 spiro atoms. The molecule has 0 bridgehead atoms. The number of benzene rings is 1. The highest BCUT2D eigenvalue weighted by molar-refractivity contribution is 9.10. The quantitative estimate of drug-likeness (QED) is 0.714. The fourth-order valence-corrected chi connectivity index (χ4v) is 2.58. The molecule has 1 heterocycles. The molecule has 0 saturated heterocycles. The maximum atomic E-state index is 13.5. The molecule has 2 nitrogen and oxygen atoms in total. The molecule has 0 saturated carbocycles. The standard InChI is InChI=1S/C11H12BrFN2/c1-11(2,3)15-8-6-4-5-7(13)9(8)14-10(15)12/h4-6H,1-3H3. The van der Waals surface area contributed by atoms with E-state index in [1.807, 2.05) is 10.6 Å². The molecular weight excluding hydrogens is 259 g/mol. The minimum absolute atomic E-state index is 0.124. The van der Waals surface area contributed by atoms with E-state index in [1.165, 1.54) is 6.07 Å². The van der Waals surface area contributed by atoms with Crippen LogP contribution in [0.25, 0.3) is 11.0 Å². The van der Waals surface area contributed by atoms with Gasteiger partial charge < -0.3 is 4.57 Å². The predicted molar refractivity (Wildman–Crippen MR) is 62.4 cm³/mol. The van der Waals surface area contributed by atoms with Gasteiger partial charge in [0.2, 0.25) is 0 Å². The van der Waals surface area contributed by atoms with Gasteiger partial charge in [0, 0.05) is 5.54 Å². The lowest BCUT2D eigenvalue weighted by atomic mass is 10.1. The molecular formula is C11H12BrFN2. The van der Waals surface area contributed by atoms with Crippen molar-refractivity contribution >= 4 is 27.0 Å². The lowest BCUT2D eigenvalue weighted by Gasteiger charge is -2.22. The van der Waals surface area contributed by atoms with Crippen LogP contribution in [-0.4, -0.2) is 9.55 Å². The Labute approximate surface area is 96.2 Å². The summed E-state index contributed by atoms with van der Waals surface area (Å²) in [6.07, 6.45) is 0. The van der Waals surface area contributed by atoms with Gasteiger partial charge in [0.05, 0.1) is 5.52 Å². The number of halogens is 2. The van der Waals surface area contributed by atoms with E-state index in [-0.39, 0.29) is 11.4 Å². The Balaban J connectivity index is 2.86. The van der Waals surface area contributed by atoms with Crippen LogP contribution in [0.3, 0.4) is 0 Å². The van der Waals surface area contributed by atoms with Crippen molar-refractivity contribution in [3.8, 4) is 0 Å². The summed E-state index contributed by atoms with van der Waals surface area (Å²) >= 11 is 3.36. The van der Waals surface area contributed by atoms with E-state index < -0.39 is 0 Å². The Bertz CT molecular complexity index is 511. The molecule has 0 fully saturated rings. The first kappa shape index (κ1) is 10.6. The van der Waals surface area contributed by atoms with Gasteiger partial charge in [-0.2, -0.15) is 0 Å². The summed E-state index contributed by atoms with van der Waals surface area (Å²) in [5, 5.41) is 0. The molecule has 0 amide bonds. The average Bonchev–Trinajstić information content (AvgIpc) is 2.41. The SMILES string of the molecule is CC(C)(C)n1c(Br)nc2c(F)cccc21. The Hall–Kier alpha value is -0.900. The van der Waals surface area contributed by atoms with E-state index >= 15 is 0 Å². The predicted octanol–water partition coefficient (Wildman–Crippen LogP) is 3.69. The topological polar surface area (TPSA) is 17.8 Å². The van der Waals surface area contributed by atoms with E-state index in [9.17, 15) is 4.39 Å². The van der Waals surface area contributed by atoms with Gasteiger partial charge in [-0.25, -0.2) is 9.37 Å². The number of para-hydroxylation sites is 1. The normalized spacial score (nSPS) is 12.3. The van der Waals surface area contributed by atoms with Gasteiger partial charge >= 0.3 is 0 Å². The number of imidazole rings is 1. The summed E-state index contributed by atoms with van der Waals surface area (Å²) in [6.45, 7) is 6.18. The minimum atomic E-state index is -0.281. The van der Waals surface area contributed by atoms with Gasteiger partial charge in [0.25, 0.3) is 0 Å². The van der Waals surface area contributed by atoms with Crippen LogP contribution in [0.15, 0.2) is 22.9 Å². The van der Waals surface area contributed by atoms with E-state index in [4.69, 9.17) is 0 Å². The van der Waals surface area contributed by atoms with E-state index in [0.29, 0.717) is 10.3 Å². The number of hydrogen-bond donors (Lipinski definition) is 0. The van der Waals surface area contributed by atoms with Gasteiger partial charge in [-0.05, 0) is 48.8 Å². The first-order valence-electron chi connectivity index (χ1n) is 4.74. The van der Waals surface area contributed by atoms with Crippen LogP contribution in [0, 0.1) is 5.82 Å². The Morgan fingerprint density at radius 2 is 2.00 bits per heavy atom. The van der Waals surface area contributed by atoms with Crippen molar-refractivity contribution in [2.75, 3.05) is 0 Å². The summed E-state index contributed by atoms with van der Waals surface area (Å²) < 4.78 is 16.1. The molecule has 0 aliphatic rings. The molecule has 1 aromatic heterocycles. The third-order valence-corrected chi connectivity index (χ3v) is 2.80. The summed E-state index contributed by atoms with van der Waals surface area (Å²) in [7, 11) is 0. The third kappa shape index (κ3) is 1.67. The highest BCUT2D eigenvalue weighted by Crippen LogP contribution is 2.28. The van der Waals surface area contributed by atoms with Crippen LogP contribution in [0.4, 0.5) is 4.39 Å². The van der Waals surface area contributed by atoms with Crippen molar-refractivity contribution in [1.82, 2.24) is 9.55 Å². The van der Waals surface area contributed by atoms with Crippen LogP contribution in [0.5, 0.6) is 0 Å². The second-order valence-electron chi connectivity index (χ2n) is 4.49. The van der Waals surface area contributed by atoms with Gasteiger partial charge in [-0.15, -0.1) is 0 Å². The Kier molecular flexibility index (Phi) is 2.34. The maximum absolute atomic E-state index is 13.5. The smallest absolute Gasteiger partial charge is 0.178 e. The zero-order chi connectivity index (χ0) is 11.2. The molecule has 0 atom stereocenters. The fourth-order valence-electron chi connectivity index (χ4n) is 1.67. The molecule has 0 radical (unpaired) electrons. The Morgan fingerprint density at radius 1 is 1.33 bits per heavy atom. The number of nitrogens with zero attached hydrogens (tertiary/aromatic N) is 2. The average molecular weight is 271 g/mol. The molecule has 0 unspecified atom stereocenters. The second kappa shape index (κ2) is 3.30. The Morgan fingerprint density at radius 3 is 2.60 bits per heavy atom.